The highest BCUT2D eigenvalue weighted by molar-refractivity contribution is 5.91. The van der Waals surface area contributed by atoms with Gasteiger partial charge in [0.05, 0.1) is 12.8 Å². The summed E-state index contributed by atoms with van der Waals surface area (Å²) in [6, 6.07) is 3.93. The van der Waals surface area contributed by atoms with Crippen LogP contribution < -0.4 is 10.1 Å². The van der Waals surface area contributed by atoms with E-state index in [0.717, 1.165) is 25.7 Å². The molecular formula is C16H23FN2O3. The van der Waals surface area contributed by atoms with E-state index in [1.54, 1.807) is 11.9 Å². The zero-order valence-corrected chi connectivity index (χ0v) is 13.0. The van der Waals surface area contributed by atoms with Gasteiger partial charge in [-0.2, -0.15) is 0 Å². The van der Waals surface area contributed by atoms with Crippen LogP contribution in [0.15, 0.2) is 18.2 Å². The lowest BCUT2D eigenvalue weighted by Gasteiger charge is -2.34. The zero-order chi connectivity index (χ0) is 16.1. The van der Waals surface area contributed by atoms with Crippen LogP contribution in [0.2, 0.25) is 0 Å². The zero-order valence-electron chi connectivity index (χ0n) is 13.0. The maximum atomic E-state index is 13.2. The molecule has 1 saturated carbocycles. The number of halogens is 1. The summed E-state index contributed by atoms with van der Waals surface area (Å²) in [5.74, 6) is 0.237. The molecule has 0 radical (unpaired) electrons. The molecule has 0 saturated heterocycles. The molecule has 0 heterocycles. The lowest BCUT2D eigenvalue weighted by atomic mass is 9.86. The SMILES string of the molecule is COc1cc(F)ccc1NC(=O)N(C)C1CCC(CO)CC1. The minimum absolute atomic E-state index is 0.161. The summed E-state index contributed by atoms with van der Waals surface area (Å²) in [5, 5.41) is 11.9. The Kier molecular flexibility index (Phi) is 5.60. The predicted molar refractivity (Wildman–Crippen MR) is 82.6 cm³/mol. The molecule has 22 heavy (non-hydrogen) atoms. The van der Waals surface area contributed by atoms with Gasteiger partial charge in [0.1, 0.15) is 11.6 Å². The molecule has 6 heteroatoms. The van der Waals surface area contributed by atoms with E-state index in [2.05, 4.69) is 5.32 Å². The molecule has 5 nitrogen and oxygen atoms in total. The second-order valence-electron chi connectivity index (χ2n) is 5.74. The van der Waals surface area contributed by atoms with E-state index in [0.29, 0.717) is 17.4 Å². The first-order chi connectivity index (χ1) is 10.5. The monoisotopic (exact) mass is 310 g/mol. The van der Waals surface area contributed by atoms with Gasteiger partial charge in [-0.15, -0.1) is 0 Å². The molecule has 1 fully saturated rings. The molecule has 0 aliphatic heterocycles. The quantitative estimate of drug-likeness (QED) is 0.899. The van der Waals surface area contributed by atoms with Crippen molar-refractivity contribution in [2.75, 3.05) is 26.1 Å². The number of anilines is 1. The number of urea groups is 1. The largest absolute Gasteiger partial charge is 0.494 e. The Balaban J connectivity index is 1.97. The highest BCUT2D eigenvalue weighted by Gasteiger charge is 2.26. The van der Waals surface area contributed by atoms with E-state index in [9.17, 15) is 9.18 Å². The third kappa shape index (κ3) is 3.88. The van der Waals surface area contributed by atoms with Gasteiger partial charge in [0, 0.05) is 25.8 Å². The number of hydrogen-bond acceptors (Lipinski definition) is 3. The Morgan fingerprint density at radius 2 is 2.09 bits per heavy atom. The average Bonchev–Trinajstić information content (AvgIpc) is 2.55. The molecule has 0 atom stereocenters. The number of benzene rings is 1. The van der Waals surface area contributed by atoms with Crippen LogP contribution >= 0.6 is 0 Å². The Morgan fingerprint density at radius 3 is 2.68 bits per heavy atom. The number of ether oxygens (including phenoxy) is 1. The summed E-state index contributed by atoms with van der Waals surface area (Å²) in [5.41, 5.74) is 0.449. The van der Waals surface area contributed by atoms with Crippen molar-refractivity contribution in [2.45, 2.75) is 31.7 Å². The smallest absolute Gasteiger partial charge is 0.321 e. The van der Waals surface area contributed by atoms with Crippen molar-refractivity contribution in [3.63, 3.8) is 0 Å². The third-order valence-electron chi connectivity index (χ3n) is 4.35. The molecule has 1 aliphatic carbocycles. The van der Waals surface area contributed by atoms with Crippen molar-refractivity contribution in [1.29, 1.82) is 0 Å². The van der Waals surface area contributed by atoms with Gasteiger partial charge >= 0.3 is 6.03 Å². The Bertz CT molecular complexity index is 516. The number of carbonyl (C=O) groups is 1. The van der Waals surface area contributed by atoms with Crippen LogP contribution in [0.3, 0.4) is 0 Å². The van der Waals surface area contributed by atoms with Crippen LogP contribution in [-0.4, -0.2) is 42.8 Å². The second kappa shape index (κ2) is 7.45. The maximum Gasteiger partial charge on any atom is 0.321 e. The number of amides is 2. The van der Waals surface area contributed by atoms with E-state index in [4.69, 9.17) is 9.84 Å². The van der Waals surface area contributed by atoms with Crippen molar-refractivity contribution in [1.82, 2.24) is 4.90 Å². The fraction of sp³-hybridized carbons (Fsp3) is 0.562. The van der Waals surface area contributed by atoms with Crippen LogP contribution in [0, 0.1) is 11.7 Å². The van der Waals surface area contributed by atoms with Crippen molar-refractivity contribution >= 4 is 11.7 Å². The molecule has 1 aromatic rings. The standard InChI is InChI=1S/C16H23FN2O3/c1-19(13-6-3-11(10-20)4-7-13)16(21)18-14-8-5-12(17)9-15(14)22-2/h5,8-9,11,13,20H,3-4,6-7,10H2,1-2H3,(H,18,21). The molecule has 1 aromatic carbocycles. The first kappa shape index (κ1) is 16.5. The highest BCUT2D eigenvalue weighted by atomic mass is 19.1. The summed E-state index contributed by atoms with van der Waals surface area (Å²) in [6.45, 7) is 0.218. The number of hydrogen-bond donors (Lipinski definition) is 2. The summed E-state index contributed by atoms with van der Waals surface area (Å²) in [6.07, 6.45) is 3.63. The Morgan fingerprint density at radius 1 is 1.41 bits per heavy atom. The average molecular weight is 310 g/mol. The van der Waals surface area contributed by atoms with Crippen LogP contribution in [0.4, 0.5) is 14.9 Å². The first-order valence-corrected chi connectivity index (χ1v) is 7.53. The second-order valence-corrected chi connectivity index (χ2v) is 5.74. The summed E-state index contributed by atoms with van der Waals surface area (Å²) < 4.78 is 18.2. The van der Waals surface area contributed by atoms with Gasteiger partial charge in [-0.05, 0) is 43.7 Å². The van der Waals surface area contributed by atoms with Gasteiger partial charge in [0.2, 0.25) is 0 Å². The fourth-order valence-electron chi connectivity index (χ4n) is 2.85. The molecule has 2 N–H and O–H groups in total. The van der Waals surface area contributed by atoms with E-state index >= 15 is 0 Å². The number of nitrogens with zero attached hydrogens (tertiary/aromatic N) is 1. The van der Waals surface area contributed by atoms with Gasteiger partial charge < -0.3 is 20.1 Å². The fourth-order valence-corrected chi connectivity index (χ4v) is 2.85. The van der Waals surface area contributed by atoms with Crippen molar-refractivity contribution < 1.29 is 19.0 Å². The van der Waals surface area contributed by atoms with E-state index in [-0.39, 0.29) is 18.7 Å². The number of aliphatic hydroxyl groups is 1. The van der Waals surface area contributed by atoms with Crippen LogP contribution in [0.1, 0.15) is 25.7 Å². The van der Waals surface area contributed by atoms with Crippen molar-refractivity contribution in [3.05, 3.63) is 24.0 Å². The third-order valence-corrected chi connectivity index (χ3v) is 4.35. The number of aliphatic hydroxyl groups excluding tert-OH is 1. The van der Waals surface area contributed by atoms with Gasteiger partial charge in [0.15, 0.2) is 0 Å². The summed E-state index contributed by atoms with van der Waals surface area (Å²) in [4.78, 5) is 14.0. The van der Waals surface area contributed by atoms with Crippen LogP contribution in [-0.2, 0) is 0 Å². The van der Waals surface area contributed by atoms with E-state index < -0.39 is 5.82 Å². The van der Waals surface area contributed by atoms with Crippen LogP contribution in [0.25, 0.3) is 0 Å². The first-order valence-electron chi connectivity index (χ1n) is 7.53. The van der Waals surface area contributed by atoms with E-state index in [1.807, 2.05) is 0 Å². The molecule has 0 aromatic heterocycles. The highest BCUT2D eigenvalue weighted by Crippen LogP contribution is 2.28. The minimum Gasteiger partial charge on any atom is -0.494 e. The van der Waals surface area contributed by atoms with Gasteiger partial charge in [-0.3, -0.25) is 0 Å². The van der Waals surface area contributed by atoms with Gasteiger partial charge in [-0.1, -0.05) is 0 Å². The summed E-state index contributed by atoms with van der Waals surface area (Å²) >= 11 is 0. The molecule has 0 bridgehead atoms. The lowest BCUT2D eigenvalue weighted by Crippen LogP contribution is -2.42. The van der Waals surface area contributed by atoms with E-state index in [1.165, 1.54) is 25.3 Å². The number of carbonyl (C=O) groups excluding carboxylic acids is 1. The minimum atomic E-state index is -0.412. The van der Waals surface area contributed by atoms with Gasteiger partial charge in [0.25, 0.3) is 0 Å². The van der Waals surface area contributed by atoms with Crippen molar-refractivity contribution in [2.24, 2.45) is 5.92 Å². The molecule has 2 rings (SSSR count). The topological polar surface area (TPSA) is 61.8 Å². The van der Waals surface area contributed by atoms with Crippen molar-refractivity contribution in [3.8, 4) is 5.75 Å². The number of rotatable bonds is 4. The predicted octanol–water partition coefficient (Wildman–Crippen LogP) is 2.85. The lowest BCUT2D eigenvalue weighted by molar-refractivity contribution is 0.139. The van der Waals surface area contributed by atoms with Gasteiger partial charge in [-0.25, -0.2) is 9.18 Å². The maximum absolute atomic E-state index is 13.2. The molecule has 0 spiro atoms. The Labute approximate surface area is 130 Å². The normalized spacial score (nSPS) is 21.3. The number of nitrogens with one attached hydrogen (secondary N) is 1. The Hall–Kier alpha value is -1.82. The molecule has 2 amide bonds. The molecule has 0 unspecified atom stereocenters. The molecular weight excluding hydrogens is 287 g/mol. The molecule has 1 aliphatic rings. The number of methoxy groups -OCH3 is 1. The summed E-state index contributed by atoms with van der Waals surface area (Å²) in [7, 11) is 3.19. The van der Waals surface area contributed by atoms with Crippen LogP contribution in [0.5, 0.6) is 5.75 Å². The molecule has 122 valence electrons.